The van der Waals surface area contributed by atoms with E-state index in [1.165, 1.54) is 16.8 Å². The molecule has 0 aliphatic carbocycles. The van der Waals surface area contributed by atoms with Crippen LogP contribution in [0.3, 0.4) is 0 Å². The minimum absolute atomic E-state index is 0.0190. The van der Waals surface area contributed by atoms with E-state index in [0.717, 1.165) is 0 Å². The summed E-state index contributed by atoms with van der Waals surface area (Å²) in [6, 6.07) is 10.2. The summed E-state index contributed by atoms with van der Waals surface area (Å²) < 4.78 is 1.24. The molecule has 3 N–H and O–H groups in total. The highest BCUT2D eigenvalue weighted by molar-refractivity contribution is 6.39. The number of nitrogens with zero attached hydrogens (tertiary/aromatic N) is 2. The molecule has 3 aromatic rings. The monoisotopic (exact) mass is 474 g/mol. The summed E-state index contributed by atoms with van der Waals surface area (Å²) in [5.74, 6) is -1.88. The maximum Gasteiger partial charge on any atom is 0.326 e. The van der Waals surface area contributed by atoms with Gasteiger partial charge in [-0.3, -0.25) is 9.59 Å². The predicted molar refractivity (Wildman–Crippen MR) is 124 cm³/mol. The SMILES string of the molecule is CNc1cnn(C)c(=O)c1-c1ccc(C[C@H](NC(=O)c2c(Cl)cccc2Cl)C(=O)O)cc1. The first-order valence-corrected chi connectivity index (χ1v) is 10.3. The lowest BCUT2D eigenvalue weighted by molar-refractivity contribution is -0.139. The number of hydrogen-bond acceptors (Lipinski definition) is 5. The average Bonchev–Trinajstić information content (AvgIpc) is 2.75. The Bertz CT molecular complexity index is 1210. The van der Waals surface area contributed by atoms with E-state index < -0.39 is 17.9 Å². The zero-order valence-corrected chi connectivity index (χ0v) is 18.7. The summed E-state index contributed by atoms with van der Waals surface area (Å²) in [5, 5.41) is 19.3. The van der Waals surface area contributed by atoms with Crippen LogP contribution in [0.4, 0.5) is 5.69 Å². The molecule has 0 saturated carbocycles. The molecule has 0 bridgehead atoms. The number of carbonyl (C=O) groups is 2. The lowest BCUT2D eigenvalue weighted by atomic mass is 10.0. The topological polar surface area (TPSA) is 113 Å². The van der Waals surface area contributed by atoms with Gasteiger partial charge < -0.3 is 15.7 Å². The minimum Gasteiger partial charge on any atom is -0.480 e. The number of amides is 1. The second-order valence-electron chi connectivity index (χ2n) is 6.97. The van der Waals surface area contributed by atoms with Crippen molar-refractivity contribution in [3.8, 4) is 11.1 Å². The molecule has 10 heteroatoms. The Morgan fingerprint density at radius 3 is 2.31 bits per heavy atom. The summed E-state index contributed by atoms with van der Waals surface area (Å²) in [7, 11) is 3.25. The fourth-order valence-corrected chi connectivity index (χ4v) is 3.76. The van der Waals surface area contributed by atoms with E-state index in [-0.39, 0.29) is 27.6 Å². The van der Waals surface area contributed by atoms with Crippen LogP contribution < -0.4 is 16.2 Å². The number of aromatic nitrogens is 2. The van der Waals surface area contributed by atoms with E-state index >= 15 is 0 Å². The van der Waals surface area contributed by atoms with Crippen molar-refractivity contribution in [3.05, 3.63) is 80.2 Å². The molecule has 3 rings (SSSR count). The van der Waals surface area contributed by atoms with Gasteiger partial charge in [-0.1, -0.05) is 53.5 Å². The van der Waals surface area contributed by atoms with Gasteiger partial charge in [0.25, 0.3) is 11.5 Å². The molecule has 0 aliphatic rings. The molecule has 0 unspecified atom stereocenters. The molecule has 1 heterocycles. The van der Waals surface area contributed by atoms with E-state index in [0.29, 0.717) is 22.4 Å². The number of hydrogen-bond donors (Lipinski definition) is 3. The van der Waals surface area contributed by atoms with Gasteiger partial charge in [-0.05, 0) is 23.3 Å². The Morgan fingerprint density at radius 1 is 1.12 bits per heavy atom. The molecular formula is C22H20Cl2N4O4. The van der Waals surface area contributed by atoms with E-state index in [1.54, 1.807) is 50.6 Å². The smallest absolute Gasteiger partial charge is 0.326 e. The third-order valence-electron chi connectivity index (χ3n) is 4.88. The van der Waals surface area contributed by atoms with Crippen LogP contribution in [0.1, 0.15) is 15.9 Å². The third kappa shape index (κ3) is 4.92. The normalized spacial score (nSPS) is 11.6. The van der Waals surface area contributed by atoms with Crippen molar-refractivity contribution in [3.63, 3.8) is 0 Å². The lowest BCUT2D eigenvalue weighted by Gasteiger charge is -2.16. The standard InChI is InChI=1S/C22H20Cl2N4O4/c1-25-17-11-26-28(2)21(30)18(17)13-8-6-12(7-9-13)10-16(22(31)32)27-20(29)19-14(23)4-3-5-15(19)24/h3-9,11,16,25H,10H2,1-2H3,(H,27,29)(H,31,32)/t16-/m0/s1. The average molecular weight is 475 g/mol. The highest BCUT2D eigenvalue weighted by atomic mass is 35.5. The molecule has 0 radical (unpaired) electrons. The Kier molecular flexibility index (Phi) is 7.17. The Hall–Kier alpha value is -3.36. The number of aliphatic carboxylic acids is 1. The molecule has 32 heavy (non-hydrogen) atoms. The molecule has 0 fully saturated rings. The van der Waals surface area contributed by atoms with Crippen molar-refractivity contribution in [2.45, 2.75) is 12.5 Å². The van der Waals surface area contributed by atoms with E-state index in [9.17, 15) is 19.5 Å². The molecule has 0 saturated heterocycles. The number of carboxylic acid groups (broad SMARTS) is 1. The van der Waals surface area contributed by atoms with Gasteiger partial charge in [0, 0.05) is 20.5 Å². The van der Waals surface area contributed by atoms with Crippen LogP contribution in [-0.4, -0.2) is 39.9 Å². The Balaban J connectivity index is 1.83. The first-order valence-electron chi connectivity index (χ1n) is 9.54. The largest absolute Gasteiger partial charge is 0.480 e. The fraction of sp³-hybridized carbons (Fsp3) is 0.182. The molecule has 1 atom stereocenters. The number of aryl methyl sites for hydroxylation is 1. The zero-order chi connectivity index (χ0) is 23.4. The van der Waals surface area contributed by atoms with E-state index in [1.807, 2.05) is 0 Å². The molecule has 0 aliphatic heterocycles. The van der Waals surface area contributed by atoms with Crippen LogP contribution in [-0.2, 0) is 18.3 Å². The highest BCUT2D eigenvalue weighted by Gasteiger charge is 2.24. The zero-order valence-electron chi connectivity index (χ0n) is 17.2. The van der Waals surface area contributed by atoms with E-state index in [2.05, 4.69) is 15.7 Å². The van der Waals surface area contributed by atoms with Gasteiger partial charge >= 0.3 is 5.97 Å². The quantitative estimate of drug-likeness (QED) is 0.484. The lowest BCUT2D eigenvalue weighted by Crippen LogP contribution is -2.42. The van der Waals surface area contributed by atoms with Crippen molar-refractivity contribution < 1.29 is 14.7 Å². The maximum absolute atomic E-state index is 12.6. The third-order valence-corrected chi connectivity index (χ3v) is 5.51. The number of anilines is 1. The summed E-state index contributed by atoms with van der Waals surface area (Å²) >= 11 is 12.1. The van der Waals surface area contributed by atoms with Crippen molar-refractivity contribution in [1.29, 1.82) is 0 Å². The molecule has 8 nitrogen and oxygen atoms in total. The predicted octanol–water partition coefficient (Wildman–Crippen LogP) is 3.22. The fourth-order valence-electron chi connectivity index (χ4n) is 3.20. The van der Waals surface area contributed by atoms with Crippen molar-refractivity contribution in [1.82, 2.24) is 15.1 Å². The van der Waals surface area contributed by atoms with Crippen LogP contribution in [0.25, 0.3) is 11.1 Å². The van der Waals surface area contributed by atoms with Gasteiger partial charge in [0.05, 0.1) is 33.1 Å². The van der Waals surface area contributed by atoms with Crippen LogP contribution in [0.15, 0.2) is 53.5 Å². The Morgan fingerprint density at radius 2 is 1.75 bits per heavy atom. The van der Waals surface area contributed by atoms with Gasteiger partial charge in [0.2, 0.25) is 0 Å². The first kappa shape index (κ1) is 23.3. The first-order chi connectivity index (χ1) is 15.2. The molecule has 2 aromatic carbocycles. The van der Waals surface area contributed by atoms with Crippen LogP contribution in [0.5, 0.6) is 0 Å². The second kappa shape index (κ2) is 9.84. The number of rotatable bonds is 7. The number of carbonyl (C=O) groups excluding carboxylic acids is 1. The van der Waals surface area contributed by atoms with Gasteiger partial charge in [0.1, 0.15) is 6.04 Å². The minimum atomic E-state index is -1.21. The summed E-state index contributed by atoms with van der Waals surface area (Å²) in [4.78, 5) is 36.9. The van der Waals surface area contributed by atoms with Crippen molar-refractivity contribution in [2.24, 2.45) is 7.05 Å². The number of carboxylic acids is 1. The highest BCUT2D eigenvalue weighted by Crippen LogP contribution is 2.25. The van der Waals surface area contributed by atoms with Crippen LogP contribution in [0, 0.1) is 0 Å². The van der Waals surface area contributed by atoms with Gasteiger partial charge in [-0.15, -0.1) is 0 Å². The molecule has 1 amide bonds. The number of nitrogens with one attached hydrogen (secondary N) is 2. The van der Waals surface area contributed by atoms with E-state index in [4.69, 9.17) is 23.2 Å². The molecule has 166 valence electrons. The molecular weight excluding hydrogens is 455 g/mol. The van der Waals surface area contributed by atoms with Crippen molar-refractivity contribution in [2.75, 3.05) is 12.4 Å². The van der Waals surface area contributed by atoms with Gasteiger partial charge in [-0.2, -0.15) is 5.10 Å². The van der Waals surface area contributed by atoms with Gasteiger partial charge in [-0.25, -0.2) is 9.48 Å². The summed E-state index contributed by atoms with van der Waals surface area (Å²) in [6.07, 6.45) is 1.58. The summed E-state index contributed by atoms with van der Waals surface area (Å²) in [5.41, 5.74) is 2.09. The van der Waals surface area contributed by atoms with Crippen molar-refractivity contribution >= 4 is 40.8 Å². The number of halogens is 2. The second-order valence-corrected chi connectivity index (χ2v) is 7.79. The Labute approximate surface area is 193 Å². The van der Waals surface area contributed by atoms with Gasteiger partial charge in [0.15, 0.2) is 0 Å². The number of benzene rings is 2. The maximum atomic E-state index is 12.6. The van der Waals surface area contributed by atoms with Crippen LogP contribution >= 0.6 is 23.2 Å². The summed E-state index contributed by atoms with van der Waals surface area (Å²) in [6.45, 7) is 0. The molecule has 1 aromatic heterocycles. The molecule has 0 spiro atoms. The van der Waals surface area contributed by atoms with Crippen LogP contribution in [0.2, 0.25) is 10.0 Å².